The van der Waals surface area contributed by atoms with Gasteiger partial charge in [0.1, 0.15) is 11.6 Å². The summed E-state index contributed by atoms with van der Waals surface area (Å²) in [5.41, 5.74) is 1.88. The highest BCUT2D eigenvalue weighted by Gasteiger charge is 2.01. The van der Waals surface area contributed by atoms with E-state index in [4.69, 9.17) is 0 Å². The van der Waals surface area contributed by atoms with Crippen LogP contribution in [-0.2, 0) is 6.54 Å². The summed E-state index contributed by atoms with van der Waals surface area (Å²) in [4.78, 5) is 8.61. The Hall–Kier alpha value is -2.47. The maximum Gasteiger partial charge on any atom is 0.229 e. The number of aromatic nitrogens is 2. The Morgan fingerprint density at radius 1 is 1.04 bits per heavy atom. The minimum atomic E-state index is -0.240. The highest BCUT2D eigenvalue weighted by molar-refractivity contribution is 9.10. The second-order valence-corrected chi connectivity index (χ2v) is 5.80. The van der Waals surface area contributed by atoms with Crippen LogP contribution in [0.2, 0.25) is 0 Å². The van der Waals surface area contributed by atoms with Gasteiger partial charge in [-0.1, -0.05) is 34.1 Å². The first-order valence-corrected chi connectivity index (χ1v) is 7.82. The van der Waals surface area contributed by atoms with E-state index in [-0.39, 0.29) is 5.82 Å². The molecule has 0 bridgehead atoms. The zero-order chi connectivity index (χ0) is 16.1. The van der Waals surface area contributed by atoms with Crippen molar-refractivity contribution in [2.24, 2.45) is 0 Å². The van der Waals surface area contributed by atoms with Gasteiger partial charge in [-0.2, -0.15) is 4.98 Å². The normalized spacial score (nSPS) is 10.3. The summed E-state index contributed by atoms with van der Waals surface area (Å²) >= 11 is 3.43. The molecule has 116 valence electrons. The lowest BCUT2D eigenvalue weighted by molar-refractivity contribution is 0.627. The molecular formula is C17H14BrFN4. The third-order valence-corrected chi connectivity index (χ3v) is 3.62. The number of anilines is 3. The molecule has 0 unspecified atom stereocenters. The first-order valence-electron chi connectivity index (χ1n) is 7.03. The van der Waals surface area contributed by atoms with Crippen molar-refractivity contribution in [1.82, 2.24) is 9.97 Å². The molecule has 6 heteroatoms. The Balaban J connectivity index is 1.66. The Bertz CT molecular complexity index is 793. The van der Waals surface area contributed by atoms with Gasteiger partial charge in [0.2, 0.25) is 5.95 Å². The molecule has 1 heterocycles. The number of hydrogen-bond donors (Lipinski definition) is 2. The molecule has 0 aliphatic heterocycles. The van der Waals surface area contributed by atoms with Crippen molar-refractivity contribution in [3.05, 3.63) is 76.6 Å². The van der Waals surface area contributed by atoms with E-state index in [0.29, 0.717) is 18.3 Å². The van der Waals surface area contributed by atoms with Gasteiger partial charge in [0.25, 0.3) is 0 Å². The van der Waals surface area contributed by atoms with Crippen LogP contribution >= 0.6 is 15.9 Å². The monoisotopic (exact) mass is 372 g/mol. The quantitative estimate of drug-likeness (QED) is 0.679. The van der Waals surface area contributed by atoms with Crippen molar-refractivity contribution in [1.29, 1.82) is 0 Å². The smallest absolute Gasteiger partial charge is 0.229 e. The molecule has 0 aliphatic carbocycles. The van der Waals surface area contributed by atoms with Gasteiger partial charge < -0.3 is 10.6 Å². The lowest BCUT2D eigenvalue weighted by atomic mass is 10.2. The fourth-order valence-corrected chi connectivity index (χ4v) is 2.41. The third kappa shape index (κ3) is 4.50. The molecule has 0 saturated carbocycles. The summed E-state index contributed by atoms with van der Waals surface area (Å²) in [6.45, 7) is 0.563. The highest BCUT2D eigenvalue weighted by Crippen LogP contribution is 2.19. The Morgan fingerprint density at radius 3 is 2.65 bits per heavy atom. The van der Waals surface area contributed by atoms with Crippen molar-refractivity contribution >= 4 is 33.4 Å². The summed E-state index contributed by atoms with van der Waals surface area (Å²) in [6, 6.07) is 15.9. The fourth-order valence-electron chi connectivity index (χ4n) is 2.01. The van der Waals surface area contributed by atoms with Gasteiger partial charge in [-0.3, -0.25) is 0 Å². The molecule has 4 nitrogen and oxygen atoms in total. The summed E-state index contributed by atoms with van der Waals surface area (Å²) in [5, 5.41) is 6.34. The molecule has 23 heavy (non-hydrogen) atoms. The van der Waals surface area contributed by atoms with E-state index in [1.165, 1.54) is 12.1 Å². The Morgan fingerprint density at radius 2 is 1.87 bits per heavy atom. The van der Waals surface area contributed by atoms with Crippen LogP contribution in [0.25, 0.3) is 0 Å². The molecule has 2 aromatic carbocycles. The van der Waals surface area contributed by atoms with Gasteiger partial charge >= 0.3 is 0 Å². The minimum absolute atomic E-state index is 0.240. The van der Waals surface area contributed by atoms with Crippen LogP contribution < -0.4 is 10.6 Å². The van der Waals surface area contributed by atoms with Crippen molar-refractivity contribution < 1.29 is 4.39 Å². The summed E-state index contributed by atoms with van der Waals surface area (Å²) < 4.78 is 13.9. The van der Waals surface area contributed by atoms with E-state index >= 15 is 0 Å². The van der Waals surface area contributed by atoms with E-state index in [1.54, 1.807) is 24.4 Å². The zero-order valence-electron chi connectivity index (χ0n) is 12.1. The van der Waals surface area contributed by atoms with E-state index in [2.05, 4.69) is 36.5 Å². The van der Waals surface area contributed by atoms with Crippen molar-refractivity contribution in [2.45, 2.75) is 6.54 Å². The summed E-state index contributed by atoms with van der Waals surface area (Å²) in [5.74, 6) is 0.963. The first-order chi connectivity index (χ1) is 11.2. The van der Waals surface area contributed by atoms with Gasteiger partial charge in [-0.25, -0.2) is 9.37 Å². The number of hydrogen-bond acceptors (Lipinski definition) is 4. The SMILES string of the molecule is Fc1ccc(CNc2ccnc(Nc3cccc(Br)c3)n2)cc1. The Labute approximate surface area is 141 Å². The molecule has 0 spiro atoms. The second kappa shape index (κ2) is 7.19. The van der Waals surface area contributed by atoms with Crippen molar-refractivity contribution in [3.63, 3.8) is 0 Å². The second-order valence-electron chi connectivity index (χ2n) is 4.88. The molecule has 0 atom stereocenters. The van der Waals surface area contributed by atoms with E-state index in [0.717, 1.165) is 15.7 Å². The largest absolute Gasteiger partial charge is 0.366 e. The number of nitrogens with one attached hydrogen (secondary N) is 2. The summed E-state index contributed by atoms with van der Waals surface area (Å²) in [7, 11) is 0. The van der Waals surface area contributed by atoms with Gasteiger partial charge in [-0.15, -0.1) is 0 Å². The first kappa shape index (κ1) is 15.4. The van der Waals surface area contributed by atoms with E-state index < -0.39 is 0 Å². The number of benzene rings is 2. The lowest BCUT2D eigenvalue weighted by Gasteiger charge is -2.09. The average Bonchev–Trinajstić information content (AvgIpc) is 2.55. The molecule has 1 aromatic heterocycles. The van der Waals surface area contributed by atoms with Gasteiger partial charge in [-0.05, 0) is 42.0 Å². The molecule has 0 radical (unpaired) electrons. The molecule has 2 N–H and O–H groups in total. The van der Waals surface area contributed by atoms with Crippen LogP contribution in [0.4, 0.5) is 21.8 Å². The maximum atomic E-state index is 12.9. The molecular weight excluding hydrogens is 359 g/mol. The van der Waals surface area contributed by atoms with Gasteiger partial charge in [0, 0.05) is 22.9 Å². The third-order valence-electron chi connectivity index (χ3n) is 3.12. The zero-order valence-corrected chi connectivity index (χ0v) is 13.7. The van der Waals surface area contributed by atoms with Crippen molar-refractivity contribution in [3.8, 4) is 0 Å². The minimum Gasteiger partial charge on any atom is -0.366 e. The van der Waals surface area contributed by atoms with E-state index in [9.17, 15) is 4.39 Å². The molecule has 0 aliphatic rings. The van der Waals surface area contributed by atoms with Gasteiger partial charge in [0.05, 0.1) is 0 Å². The Kier molecular flexibility index (Phi) is 4.83. The predicted molar refractivity (Wildman–Crippen MR) is 93.2 cm³/mol. The fraction of sp³-hybridized carbons (Fsp3) is 0.0588. The standard InChI is InChI=1S/C17H14BrFN4/c18-13-2-1-3-15(10-13)22-17-20-9-8-16(23-17)21-11-12-4-6-14(19)7-5-12/h1-10H,11H2,(H2,20,21,22,23). The summed E-state index contributed by atoms with van der Waals surface area (Å²) in [6.07, 6.45) is 1.68. The number of rotatable bonds is 5. The predicted octanol–water partition coefficient (Wildman–Crippen LogP) is 4.73. The molecule has 0 fully saturated rings. The maximum absolute atomic E-state index is 12.9. The molecule has 3 rings (SSSR count). The number of halogens is 2. The number of nitrogens with zero attached hydrogens (tertiary/aromatic N) is 2. The van der Waals surface area contributed by atoms with Crippen LogP contribution in [-0.4, -0.2) is 9.97 Å². The van der Waals surface area contributed by atoms with Crippen LogP contribution in [0.15, 0.2) is 65.3 Å². The van der Waals surface area contributed by atoms with Crippen LogP contribution in [0.5, 0.6) is 0 Å². The van der Waals surface area contributed by atoms with Crippen molar-refractivity contribution in [2.75, 3.05) is 10.6 Å². The van der Waals surface area contributed by atoms with Crippen LogP contribution in [0.1, 0.15) is 5.56 Å². The molecule has 3 aromatic rings. The molecule has 0 amide bonds. The lowest BCUT2D eigenvalue weighted by Crippen LogP contribution is -2.04. The highest BCUT2D eigenvalue weighted by atomic mass is 79.9. The van der Waals surface area contributed by atoms with Crippen LogP contribution in [0.3, 0.4) is 0 Å². The van der Waals surface area contributed by atoms with E-state index in [1.807, 2.05) is 24.3 Å². The molecule has 0 saturated heterocycles. The van der Waals surface area contributed by atoms with Gasteiger partial charge in [0.15, 0.2) is 0 Å². The van der Waals surface area contributed by atoms with Crippen LogP contribution in [0, 0.1) is 5.82 Å². The topological polar surface area (TPSA) is 49.8 Å². The average molecular weight is 373 g/mol.